The predicted octanol–water partition coefficient (Wildman–Crippen LogP) is 3.85. The lowest BCUT2D eigenvalue weighted by Crippen LogP contribution is -2.52. The number of hydrogen-bond donors (Lipinski definition) is 1. The molecule has 3 aromatic rings. The van der Waals surface area contributed by atoms with E-state index in [9.17, 15) is 9.18 Å². The molecule has 1 saturated heterocycles. The van der Waals surface area contributed by atoms with E-state index in [1.54, 1.807) is 25.5 Å². The van der Waals surface area contributed by atoms with Gasteiger partial charge in [-0.1, -0.05) is 42.5 Å². The second-order valence-corrected chi connectivity index (χ2v) is 8.23. The molecule has 4 rings (SSSR count). The fourth-order valence-electron chi connectivity index (χ4n) is 4.66. The number of carbonyl (C=O) groups is 1. The number of hydrogen-bond acceptors (Lipinski definition) is 4. The molecule has 1 atom stereocenters. The van der Waals surface area contributed by atoms with Crippen molar-refractivity contribution in [2.24, 2.45) is 5.41 Å². The van der Waals surface area contributed by atoms with Crippen molar-refractivity contribution in [1.82, 2.24) is 20.2 Å². The summed E-state index contributed by atoms with van der Waals surface area (Å²) in [6.07, 6.45) is 7.39. The first kappa shape index (κ1) is 21.1. The first-order valence-corrected chi connectivity index (χ1v) is 10.6. The molecule has 6 heteroatoms. The molecule has 1 aliphatic rings. The number of benzene rings is 2. The van der Waals surface area contributed by atoms with Crippen LogP contribution in [-0.4, -0.2) is 40.9 Å². The number of piperidine rings is 1. The van der Waals surface area contributed by atoms with Crippen LogP contribution in [0, 0.1) is 11.2 Å². The van der Waals surface area contributed by atoms with E-state index in [1.165, 1.54) is 12.4 Å². The van der Waals surface area contributed by atoms with Gasteiger partial charge in [0, 0.05) is 43.7 Å². The third-order valence-corrected chi connectivity index (χ3v) is 6.13. The van der Waals surface area contributed by atoms with E-state index < -0.39 is 5.41 Å². The SMILES string of the molecule is CNC(=O)[C@@]1(Cc2ccccc2-c2cncnc2)CCCN(Cc2ccccc2F)C1. The van der Waals surface area contributed by atoms with Gasteiger partial charge < -0.3 is 5.32 Å². The zero-order chi connectivity index (χ0) is 21.7. The molecule has 1 aliphatic heterocycles. The Morgan fingerprint density at radius 1 is 1.10 bits per heavy atom. The molecule has 0 saturated carbocycles. The van der Waals surface area contributed by atoms with Crippen molar-refractivity contribution in [2.45, 2.75) is 25.8 Å². The summed E-state index contributed by atoms with van der Waals surface area (Å²) in [4.78, 5) is 23.7. The monoisotopic (exact) mass is 418 g/mol. The molecule has 1 N–H and O–H groups in total. The number of nitrogens with zero attached hydrogens (tertiary/aromatic N) is 3. The summed E-state index contributed by atoms with van der Waals surface area (Å²) < 4.78 is 14.2. The third kappa shape index (κ3) is 4.64. The quantitative estimate of drug-likeness (QED) is 0.661. The number of aromatic nitrogens is 2. The average Bonchev–Trinajstić information content (AvgIpc) is 2.81. The molecule has 0 spiro atoms. The van der Waals surface area contributed by atoms with E-state index >= 15 is 0 Å². The number of likely N-dealkylation sites (tertiary alicyclic amines) is 1. The highest BCUT2D eigenvalue weighted by Crippen LogP contribution is 2.37. The van der Waals surface area contributed by atoms with E-state index in [4.69, 9.17) is 0 Å². The maximum absolute atomic E-state index is 14.2. The number of halogens is 1. The molecule has 2 heterocycles. The Kier molecular flexibility index (Phi) is 6.37. The van der Waals surface area contributed by atoms with Crippen LogP contribution in [0.5, 0.6) is 0 Å². The second kappa shape index (κ2) is 9.35. The summed E-state index contributed by atoms with van der Waals surface area (Å²) in [6.45, 7) is 1.93. The molecule has 1 aromatic heterocycles. The topological polar surface area (TPSA) is 58.1 Å². The van der Waals surface area contributed by atoms with Gasteiger partial charge >= 0.3 is 0 Å². The van der Waals surface area contributed by atoms with E-state index in [-0.39, 0.29) is 11.7 Å². The van der Waals surface area contributed by atoms with Gasteiger partial charge in [0.25, 0.3) is 0 Å². The van der Waals surface area contributed by atoms with E-state index in [0.717, 1.165) is 36.1 Å². The summed E-state index contributed by atoms with van der Waals surface area (Å²) in [7, 11) is 1.69. The Morgan fingerprint density at radius 2 is 1.81 bits per heavy atom. The van der Waals surface area contributed by atoms with Gasteiger partial charge in [0.15, 0.2) is 0 Å². The van der Waals surface area contributed by atoms with Crippen LogP contribution in [0.15, 0.2) is 67.3 Å². The normalized spacial score (nSPS) is 19.2. The molecule has 160 valence electrons. The van der Waals surface area contributed by atoms with Crippen molar-refractivity contribution in [3.63, 3.8) is 0 Å². The summed E-state index contributed by atoms with van der Waals surface area (Å²) in [5.41, 5.74) is 3.15. The number of rotatable bonds is 6. The van der Waals surface area contributed by atoms with Gasteiger partial charge in [-0.2, -0.15) is 0 Å². The van der Waals surface area contributed by atoms with Crippen LogP contribution in [0.2, 0.25) is 0 Å². The molecule has 5 nitrogen and oxygen atoms in total. The summed E-state index contributed by atoms with van der Waals surface area (Å²) in [5, 5.41) is 2.89. The molecule has 0 aliphatic carbocycles. The number of amides is 1. The van der Waals surface area contributed by atoms with Gasteiger partial charge in [-0.05, 0) is 43.0 Å². The first-order chi connectivity index (χ1) is 15.1. The zero-order valence-corrected chi connectivity index (χ0v) is 17.7. The van der Waals surface area contributed by atoms with Crippen molar-refractivity contribution in [2.75, 3.05) is 20.1 Å². The van der Waals surface area contributed by atoms with E-state index in [1.807, 2.05) is 30.3 Å². The van der Waals surface area contributed by atoms with Gasteiger partial charge in [0.2, 0.25) is 5.91 Å². The molecule has 2 aromatic carbocycles. The molecular weight excluding hydrogens is 391 g/mol. The van der Waals surface area contributed by atoms with Crippen LogP contribution >= 0.6 is 0 Å². The summed E-state index contributed by atoms with van der Waals surface area (Å²) in [6, 6.07) is 15.0. The van der Waals surface area contributed by atoms with Gasteiger partial charge in [-0.3, -0.25) is 9.69 Å². The van der Waals surface area contributed by atoms with Crippen LogP contribution < -0.4 is 5.32 Å². The van der Waals surface area contributed by atoms with Gasteiger partial charge in [0.1, 0.15) is 12.1 Å². The molecule has 1 amide bonds. The minimum atomic E-state index is -0.579. The summed E-state index contributed by atoms with van der Waals surface area (Å²) >= 11 is 0. The summed E-state index contributed by atoms with van der Waals surface area (Å²) in [5.74, 6) is -0.169. The number of nitrogens with one attached hydrogen (secondary N) is 1. The average molecular weight is 419 g/mol. The zero-order valence-electron chi connectivity index (χ0n) is 17.7. The Morgan fingerprint density at radius 3 is 2.55 bits per heavy atom. The molecule has 31 heavy (non-hydrogen) atoms. The minimum absolute atomic E-state index is 0.0323. The molecule has 0 radical (unpaired) electrons. The molecule has 0 bridgehead atoms. The Hall–Kier alpha value is -3.12. The standard InChI is InChI=1S/C25H27FN4O/c1-27-24(31)25(11-6-12-30(17-25)16-20-8-3-5-10-23(20)26)13-19-7-2-4-9-22(19)21-14-28-18-29-15-21/h2-5,7-10,14-15,18H,6,11-13,16-17H2,1H3,(H,27,31)/t25-/m1/s1. The smallest absolute Gasteiger partial charge is 0.227 e. The van der Waals surface area contributed by atoms with Gasteiger partial charge in [-0.25, -0.2) is 14.4 Å². The van der Waals surface area contributed by atoms with Crippen molar-refractivity contribution in [3.8, 4) is 11.1 Å². The lowest BCUT2D eigenvalue weighted by atomic mass is 9.73. The Bertz CT molecular complexity index is 1040. The van der Waals surface area contributed by atoms with Gasteiger partial charge in [0.05, 0.1) is 5.41 Å². The minimum Gasteiger partial charge on any atom is -0.359 e. The maximum atomic E-state index is 14.2. The molecular formula is C25H27FN4O. The maximum Gasteiger partial charge on any atom is 0.227 e. The largest absolute Gasteiger partial charge is 0.359 e. The highest BCUT2D eigenvalue weighted by atomic mass is 19.1. The highest BCUT2D eigenvalue weighted by molar-refractivity contribution is 5.83. The lowest BCUT2D eigenvalue weighted by molar-refractivity contribution is -0.134. The van der Waals surface area contributed by atoms with Crippen molar-refractivity contribution in [3.05, 3.63) is 84.2 Å². The van der Waals surface area contributed by atoms with Gasteiger partial charge in [-0.15, -0.1) is 0 Å². The van der Waals surface area contributed by atoms with Crippen LogP contribution in [0.4, 0.5) is 4.39 Å². The van der Waals surface area contributed by atoms with E-state index in [2.05, 4.69) is 26.3 Å². The Labute approximate surface area is 182 Å². The van der Waals surface area contributed by atoms with Crippen molar-refractivity contribution >= 4 is 5.91 Å². The van der Waals surface area contributed by atoms with E-state index in [0.29, 0.717) is 25.1 Å². The van der Waals surface area contributed by atoms with Crippen molar-refractivity contribution < 1.29 is 9.18 Å². The third-order valence-electron chi connectivity index (χ3n) is 6.13. The predicted molar refractivity (Wildman–Crippen MR) is 119 cm³/mol. The number of carbonyl (C=O) groups excluding carboxylic acids is 1. The fraction of sp³-hybridized carbons (Fsp3) is 0.320. The van der Waals surface area contributed by atoms with Crippen LogP contribution in [-0.2, 0) is 17.8 Å². The van der Waals surface area contributed by atoms with Crippen LogP contribution in [0.1, 0.15) is 24.0 Å². The fourth-order valence-corrected chi connectivity index (χ4v) is 4.66. The molecule has 1 fully saturated rings. The highest BCUT2D eigenvalue weighted by Gasteiger charge is 2.42. The first-order valence-electron chi connectivity index (χ1n) is 10.6. The second-order valence-electron chi connectivity index (χ2n) is 8.23. The van der Waals surface area contributed by atoms with Crippen LogP contribution in [0.25, 0.3) is 11.1 Å². The van der Waals surface area contributed by atoms with Crippen LogP contribution in [0.3, 0.4) is 0 Å². The Balaban J connectivity index is 1.64. The molecule has 0 unspecified atom stereocenters. The lowest BCUT2D eigenvalue weighted by Gasteiger charge is -2.42. The van der Waals surface area contributed by atoms with Crippen molar-refractivity contribution in [1.29, 1.82) is 0 Å².